The fourth-order valence-corrected chi connectivity index (χ4v) is 4.14. The molecular weight excluding hydrogens is 362 g/mol. The summed E-state index contributed by atoms with van der Waals surface area (Å²) < 4.78 is 10.6. The number of hydrogen-bond donors (Lipinski definition) is 0. The van der Waals surface area contributed by atoms with Crippen LogP contribution in [0.1, 0.15) is 10.4 Å². The minimum atomic E-state index is -0.0238. The van der Waals surface area contributed by atoms with Gasteiger partial charge in [0.05, 0.1) is 17.5 Å². The lowest BCUT2D eigenvalue weighted by atomic mass is 10.1. The molecule has 0 bridgehead atoms. The average Bonchev–Trinajstić information content (AvgIpc) is 3.37. The first-order valence-electron chi connectivity index (χ1n) is 8.27. The Labute approximate surface area is 158 Å². The van der Waals surface area contributed by atoms with Crippen LogP contribution in [0.3, 0.4) is 0 Å². The van der Waals surface area contributed by atoms with Gasteiger partial charge in [0, 0.05) is 22.4 Å². The molecule has 27 heavy (non-hydrogen) atoms. The lowest BCUT2D eigenvalue weighted by molar-refractivity contribution is 0.0990. The fraction of sp³-hybridized carbons (Fsp3) is 0.0500. The summed E-state index contributed by atoms with van der Waals surface area (Å²) in [5, 5.41) is 4.06. The molecule has 3 heterocycles. The summed E-state index contributed by atoms with van der Waals surface area (Å²) in [6, 6.07) is 16.9. The molecule has 0 fully saturated rings. The number of aromatic nitrogens is 2. The molecule has 6 nitrogen and oxygen atoms in total. The van der Waals surface area contributed by atoms with Crippen molar-refractivity contribution in [1.82, 2.24) is 10.1 Å². The van der Waals surface area contributed by atoms with E-state index in [4.69, 9.17) is 8.94 Å². The first-order valence-corrected chi connectivity index (χ1v) is 9.09. The van der Waals surface area contributed by atoms with E-state index in [1.165, 1.54) is 0 Å². The third-order valence-corrected chi connectivity index (χ3v) is 5.50. The Morgan fingerprint density at radius 3 is 2.78 bits per heavy atom. The van der Waals surface area contributed by atoms with Crippen molar-refractivity contribution in [1.29, 1.82) is 0 Å². The van der Waals surface area contributed by atoms with E-state index in [1.54, 1.807) is 42.1 Å². The van der Waals surface area contributed by atoms with Gasteiger partial charge in [-0.1, -0.05) is 29.1 Å². The molecule has 7 heteroatoms. The van der Waals surface area contributed by atoms with Crippen molar-refractivity contribution in [3.8, 4) is 23.0 Å². The molecule has 0 saturated heterocycles. The highest BCUT2D eigenvalue weighted by Crippen LogP contribution is 2.42. The van der Waals surface area contributed by atoms with Gasteiger partial charge in [0.1, 0.15) is 0 Å². The molecule has 0 saturated carbocycles. The standard InChI is InChI=1S/C20H13N3O3S/c1-23-14-9-8-12(18-21-19(26-22-18)15-6-4-10-25-15)11-17(14)27-16-7-3-2-5-13(16)20(23)24/h2-11H,1H3. The predicted octanol–water partition coefficient (Wildman–Crippen LogP) is 4.74. The third kappa shape index (κ3) is 2.63. The van der Waals surface area contributed by atoms with Crippen LogP contribution in [0, 0.1) is 0 Å². The molecule has 0 aliphatic carbocycles. The summed E-state index contributed by atoms with van der Waals surface area (Å²) in [7, 11) is 1.78. The maximum absolute atomic E-state index is 12.8. The second-order valence-corrected chi connectivity index (χ2v) is 7.13. The Morgan fingerprint density at radius 1 is 1.04 bits per heavy atom. The predicted molar refractivity (Wildman–Crippen MR) is 101 cm³/mol. The van der Waals surface area contributed by atoms with Crippen LogP contribution in [-0.2, 0) is 0 Å². The van der Waals surface area contributed by atoms with E-state index >= 15 is 0 Å². The topological polar surface area (TPSA) is 72.4 Å². The Morgan fingerprint density at radius 2 is 1.93 bits per heavy atom. The van der Waals surface area contributed by atoms with Crippen molar-refractivity contribution in [2.45, 2.75) is 9.79 Å². The summed E-state index contributed by atoms with van der Waals surface area (Å²) >= 11 is 1.56. The van der Waals surface area contributed by atoms with Crippen LogP contribution in [0.2, 0.25) is 0 Å². The van der Waals surface area contributed by atoms with Gasteiger partial charge in [-0.25, -0.2) is 0 Å². The lowest BCUT2D eigenvalue weighted by Gasteiger charge is -2.17. The fourth-order valence-electron chi connectivity index (χ4n) is 2.99. The maximum atomic E-state index is 12.8. The molecule has 2 aromatic heterocycles. The highest BCUT2D eigenvalue weighted by atomic mass is 32.2. The van der Waals surface area contributed by atoms with Gasteiger partial charge in [0.15, 0.2) is 5.76 Å². The van der Waals surface area contributed by atoms with E-state index in [0.29, 0.717) is 23.0 Å². The van der Waals surface area contributed by atoms with Crippen molar-refractivity contribution >= 4 is 23.4 Å². The van der Waals surface area contributed by atoms with Crippen molar-refractivity contribution in [2.24, 2.45) is 0 Å². The number of anilines is 1. The zero-order valence-corrected chi connectivity index (χ0v) is 15.1. The zero-order chi connectivity index (χ0) is 18.4. The number of benzene rings is 2. The highest BCUT2D eigenvalue weighted by molar-refractivity contribution is 7.99. The summed E-state index contributed by atoms with van der Waals surface area (Å²) in [5.41, 5.74) is 2.35. The average molecular weight is 375 g/mol. The second-order valence-electron chi connectivity index (χ2n) is 6.05. The zero-order valence-electron chi connectivity index (χ0n) is 14.2. The lowest BCUT2D eigenvalue weighted by Crippen LogP contribution is -2.25. The van der Waals surface area contributed by atoms with E-state index in [9.17, 15) is 4.79 Å². The summed E-state index contributed by atoms with van der Waals surface area (Å²) in [6.07, 6.45) is 1.56. The second kappa shape index (κ2) is 6.14. The molecule has 1 amide bonds. The molecule has 0 N–H and O–H groups in total. The molecule has 5 rings (SSSR count). The van der Waals surface area contributed by atoms with Gasteiger partial charge in [0.25, 0.3) is 11.8 Å². The van der Waals surface area contributed by atoms with Gasteiger partial charge in [-0.05, 0) is 42.5 Å². The van der Waals surface area contributed by atoms with E-state index in [-0.39, 0.29) is 5.91 Å². The van der Waals surface area contributed by atoms with E-state index in [1.807, 2.05) is 42.5 Å². The van der Waals surface area contributed by atoms with E-state index in [2.05, 4.69) is 10.1 Å². The van der Waals surface area contributed by atoms with Gasteiger partial charge in [-0.2, -0.15) is 4.98 Å². The summed E-state index contributed by atoms with van der Waals surface area (Å²) in [6.45, 7) is 0. The van der Waals surface area contributed by atoms with Crippen molar-refractivity contribution < 1.29 is 13.7 Å². The Hall–Kier alpha value is -3.32. The van der Waals surface area contributed by atoms with Crippen LogP contribution in [-0.4, -0.2) is 23.1 Å². The van der Waals surface area contributed by atoms with Gasteiger partial charge in [0.2, 0.25) is 5.82 Å². The largest absolute Gasteiger partial charge is 0.459 e. The smallest absolute Gasteiger partial charge is 0.293 e. The number of amides is 1. The monoisotopic (exact) mass is 375 g/mol. The number of fused-ring (bicyclic) bond motifs is 2. The van der Waals surface area contributed by atoms with Crippen LogP contribution in [0.4, 0.5) is 5.69 Å². The highest BCUT2D eigenvalue weighted by Gasteiger charge is 2.25. The van der Waals surface area contributed by atoms with Crippen LogP contribution < -0.4 is 4.90 Å². The number of furan rings is 1. The first-order chi connectivity index (χ1) is 13.2. The molecule has 0 unspecified atom stereocenters. The summed E-state index contributed by atoms with van der Waals surface area (Å²) in [4.78, 5) is 20.7. The molecular formula is C20H13N3O3S. The van der Waals surface area contributed by atoms with E-state index < -0.39 is 0 Å². The number of hydrogen-bond acceptors (Lipinski definition) is 6. The number of carbonyl (C=O) groups excluding carboxylic acids is 1. The van der Waals surface area contributed by atoms with Crippen LogP contribution >= 0.6 is 11.8 Å². The normalized spacial score (nSPS) is 13.2. The van der Waals surface area contributed by atoms with Gasteiger partial charge in [-0.15, -0.1) is 0 Å². The van der Waals surface area contributed by atoms with Crippen LogP contribution in [0.25, 0.3) is 23.0 Å². The molecule has 2 aromatic carbocycles. The van der Waals surface area contributed by atoms with Crippen molar-refractivity contribution in [3.63, 3.8) is 0 Å². The number of nitrogens with zero attached hydrogens (tertiary/aromatic N) is 3. The quantitative estimate of drug-likeness (QED) is 0.504. The van der Waals surface area contributed by atoms with Crippen molar-refractivity contribution in [3.05, 3.63) is 66.4 Å². The number of rotatable bonds is 2. The Balaban J connectivity index is 1.58. The molecule has 0 radical (unpaired) electrons. The molecule has 132 valence electrons. The van der Waals surface area contributed by atoms with Gasteiger partial charge in [-0.3, -0.25) is 4.79 Å². The first kappa shape index (κ1) is 15.9. The summed E-state index contributed by atoms with van der Waals surface area (Å²) in [5.74, 6) is 1.30. The Kier molecular flexibility index (Phi) is 3.61. The Bertz CT molecular complexity index is 1150. The maximum Gasteiger partial charge on any atom is 0.293 e. The van der Waals surface area contributed by atoms with Gasteiger partial charge < -0.3 is 13.8 Å². The molecule has 1 aliphatic heterocycles. The van der Waals surface area contributed by atoms with E-state index in [0.717, 1.165) is 21.0 Å². The molecule has 0 spiro atoms. The molecule has 1 aliphatic rings. The number of carbonyl (C=O) groups is 1. The van der Waals surface area contributed by atoms with Crippen LogP contribution in [0.5, 0.6) is 0 Å². The minimum Gasteiger partial charge on any atom is -0.459 e. The minimum absolute atomic E-state index is 0.0238. The van der Waals surface area contributed by atoms with Crippen molar-refractivity contribution in [2.75, 3.05) is 11.9 Å². The molecule has 4 aromatic rings. The van der Waals surface area contributed by atoms with Crippen LogP contribution in [0.15, 0.2) is 79.6 Å². The third-order valence-electron chi connectivity index (χ3n) is 4.38. The molecule has 0 atom stereocenters. The van der Waals surface area contributed by atoms with Gasteiger partial charge >= 0.3 is 0 Å². The SMILES string of the molecule is CN1C(=O)c2ccccc2Sc2cc(-c3noc(-c4ccco4)n3)ccc21.